The molecule has 0 fully saturated rings. The van der Waals surface area contributed by atoms with Crippen LogP contribution < -0.4 is 0 Å². The fraction of sp³-hybridized carbons (Fsp3) is 0.571. The summed E-state index contributed by atoms with van der Waals surface area (Å²) in [6, 6.07) is 0. The van der Waals surface area contributed by atoms with Crippen LogP contribution in [0.3, 0.4) is 0 Å². The van der Waals surface area contributed by atoms with Gasteiger partial charge in [-0.3, -0.25) is 0 Å². The molecule has 0 saturated heterocycles. The van der Waals surface area contributed by atoms with E-state index in [1.165, 1.54) is 0 Å². The molecule has 1 N–H and O–H groups in total. The van der Waals surface area contributed by atoms with Crippen LogP contribution in [0, 0.1) is 5.92 Å². The molecule has 4 nitrogen and oxygen atoms in total. The second kappa shape index (κ2) is 2.82. The van der Waals surface area contributed by atoms with E-state index < -0.39 is 12.3 Å². The smallest absolute Gasteiger partial charge is 0.341 e. The Morgan fingerprint density at radius 3 is 2.64 bits per heavy atom. The SMILES string of the molecule is CC(C)C1OC(=O)C=C(O)O1. The molecular formula is C7H10O4. The van der Waals surface area contributed by atoms with Gasteiger partial charge in [0.25, 0.3) is 5.95 Å². The molecule has 0 amide bonds. The highest BCUT2D eigenvalue weighted by atomic mass is 16.7. The number of cyclic esters (lactones) is 1. The third kappa shape index (κ3) is 1.86. The summed E-state index contributed by atoms with van der Waals surface area (Å²) >= 11 is 0. The maximum absolute atomic E-state index is 10.6. The Morgan fingerprint density at radius 2 is 2.18 bits per heavy atom. The average molecular weight is 158 g/mol. The quantitative estimate of drug-likeness (QED) is 0.577. The molecule has 0 bridgehead atoms. The van der Waals surface area contributed by atoms with E-state index in [9.17, 15) is 4.79 Å². The first kappa shape index (κ1) is 7.91. The number of hydrogen-bond acceptors (Lipinski definition) is 4. The minimum Gasteiger partial charge on any atom is -0.481 e. The lowest BCUT2D eigenvalue weighted by atomic mass is 10.2. The van der Waals surface area contributed by atoms with Crippen LogP contribution in [0.5, 0.6) is 0 Å². The molecule has 1 unspecified atom stereocenters. The van der Waals surface area contributed by atoms with Crippen LogP contribution in [-0.4, -0.2) is 17.4 Å². The van der Waals surface area contributed by atoms with Crippen molar-refractivity contribution in [2.75, 3.05) is 0 Å². The van der Waals surface area contributed by atoms with Gasteiger partial charge in [-0.25, -0.2) is 4.79 Å². The zero-order chi connectivity index (χ0) is 8.43. The van der Waals surface area contributed by atoms with E-state index in [2.05, 4.69) is 0 Å². The molecule has 4 heteroatoms. The summed E-state index contributed by atoms with van der Waals surface area (Å²) in [5.74, 6) is -0.901. The van der Waals surface area contributed by atoms with Crippen LogP contribution in [0.25, 0.3) is 0 Å². The lowest BCUT2D eigenvalue weighted by Gasteiger charge is -2.23. The first-order valence-corrected chi connectivity index (χ1v) is 3.37. The molecule has 0 spiro atoms. The second-order valence-corrected chi connectivity index (χ2v) is 2.65. The highest BCUT2D eigenvalue weighted by Crippen LogP contribution is 2.16. The second-order valence-electron chi connectivity index (χ2n) is 2.65. The van der Waals surface area contributed by atoms with Crippen molar-refractivity contribution in [3.8, 4) is 0 Å². The van der Waals surface area contributed by atoms with Crippen LogP contribution in [0.2, 0.25) is 0 Å². The Morgan fingerprint density at radius 1 is 1.55 bits per heavy atom. The third-order valence-electron chi connectivity index (χ3n) is 1.25. The number of aliphatic hydroxyl groups excluding tert-OH is 1. The van der Waals surface area contributed by atoms with E-state index in [0.29, 0.717) is 0 Å². The zero-order valence-electron chi connectivity index (χ0n) is 6.40. The predicted octanol–water partition coefficient (Wildman–Crippen LogP) is 0.941. The van der Waals surface area contributed by atoms with Gasteiger partial charge in [-0.1, -0.05) is 13.8 Å². The van der Waals surface area contributed by atoms with E-state index in [-0.39, 0.29) is 11.9 Å². The normalized spacial score (nSPS) is 24.1. The molecule has 1 atom stereocenters. The average Bonchev–Trinajstić information content (AvgIpc) is 1.85. The van der Waals surface area contributed by atoms with Gasteiger partial charge in [0.1, 0.15) is 6.08 Å². The summed E-state index contributed by atoms with van der Waals surface area (Å²) in [6.07, 6.45) is 0.242. The summed E-state index contributed by atoms with van der Waals surface area (Å²) in [5, 5.41) is 8.84. The van der Waals surface area contributed by atoms with Crippen molar-refractivity contribution >= 4 is 5.97 Å². The van der Waals surface area contributed by atoms with Gasteiger partial charge < -0.3 is 14.6 Å². The van der Waals surface area contributed by atoms with Crippen LogP contribution in [0.15, 0.2) is 12.0 Å². The van der Waals surface area contributed by atoms with Gasteiger partial charge in [0.2, 0.25) is 6.29 Å². The molecule has 1 aliphatic rings. The van der Waals surface area contributed by atoms with Crippen molar-refractivity contribution in [3.63, 3.8) is 0 Å². The van der Waals surface area contributed by atoms with Gasteiger partial charge in [0.15, 0.2) is 0 Å². The summed E-state index contributed by atoms with van der Waals surface area (Å²) < 4.78 is 9.51. The van der Waals surface area contributed by atoms with Crippen molar-refractivity contribution < 1.29 is 19.4 Å². The number of esters is 1. The Bertz CT molecular complexity index is 195. The first-order chi connectivity index (χ1) is 5.09. The molecule has 0 aromatic carbocycles. The van der Waals surface area contributed by atoms with Crippen LogP contribution in [0.1, 0.15) is 13.8 Å². The first-order valence-electron chi connectivity index (χ1n) is 3.37. The van der Waals surface area contributed by atoms with E-state index in [4.69, 9.17) is 14.6 Å². The number of ether oxygens (including phenoxy) is 2. The van der Waals surface area contributed by atoms with Gasteiger partial charge in [0.05, 0.1) is 0 Å². The Kier molecular flexibility index (Phi) is 2.03. The molecule has 0 aromatic rings. The molecule has 1 heterocycles. The standard InChI is InChI=1S/C7H10O4/c1-4(2)7-10-5(8)3-6(9)11-7/h3-4,7-8H,1-2H3. The summed E-state index contributed by atoms with van der Waals surface area (Å²) in [5.41, 5.74) is 0. The van der Waals surface area contributed by atoms with E-state index in [1.807, 2.05) is 13.8 Å². The van der Waals surface area contributed by atoms with Gasteiger partial charge in [-0.05, 0) is 0 Å². The Labute approximate surface area is 64.4 Å². The van der Waals surface area contributed by atoms with Gasteiger partial charge in [-0.2, -0.15) is 0 Å². The lowest BCUT2D eigenvalue weighted by molar-refractivity contribution is -0.191. The zero-order valence-corrected chi connectivity index (χ0v) is 6.40. The van der Waals surface area contributed by atoms with Crippen LogP contribution in [0.4, 0.5) is 0 Å². The fourth-order valence-electron chi connectivity index (χ4n) is 0.699. The number of rotatable bonds is 1. The van der Waals surface area contributed by atoms with Crippen molar-refractivity contribution in [1.29, 1.82) is 0 Å². The molecular weight excluding hydrogens is 148 g/mol. The Hall–Kier alpha value is -1.19. The van der Waals surface area contributed by atoms with Crippen LogP contribution in [-0.2, 0) is 14.3 Å². The summed E-state index contributed by atoms with van der Waals surface area (Å²) in [7, 11) is 0. The maximum atomic E-state index is 10.6. The molecule has 0 aromatic heterocycles. The molecule has 0 aliphatic carbocycles. The molecule has 62 valence electrons. The molecule has 1 aliphatic heterocycles. The summed E-state index contributed by atoms with van der Waals surface area (Å²) in [6.45, 7) is 3.66. The van der Waals surface area contributed by atoms with Gasteiger partial charge in [0, 0.05) is 5.92 Å². The predicted molar refractivity (Wildman–Crippen MR) is 36.5 cm³/mol. The highest BCUT2D eigenvalue weighted by Gasteiger charge is 2.24. The number of aliphatic hydroxyl groups is 1. The molecule has 0 radical (unpaired) electrons. The maximum Gasteiger partial charge on any atom is 0.341 e. The third-order valence-corrected chi connectivity index (χ3v) is 1.25. The Balaban J connectivity index is 2.64. The van der Waals surface area contributed by atoms with E-state index in [1.54, 1.807) is 0 Å². The minimum absolute atomic E-state index is 0.0369. The molecule has 0 saturated carbocycles. The molecule has 11 heavy (non-hydrogen) atoms. The number of carbonyl (C=O) groups is 1. The largest absolute Gasteiger partial charge is 0.481 e. The van der Waals surface area contributed by atoms with Crippen molar-refractivity contribution in [3.05, 3.63) is 12.0 Å². The molecule has 1 rings (SSSR count). The fourth-order valence-corrected chi connectivity index (χ4v) is 0.699. The van der Waals surface area contributed by atoms with Crippen molar-refractivity contribution in [2.24, 2.45) is 5.92 Å². The monoisotopic (exact) mass is 158 g/mol. The minimum atomic E-state index is -0.660. The number of carbonyl (C=O) groups excluding carboxylic acids is 1. The topological polar surface area (TPSA) is 55.8 Å². The number of hydrogen-bond donors (Lipinski definition) is 1. The van der Waals surface area contributed by atoms with Crippen molar-refractivity contribution in [2.45, 2.75) is 20.1 Å². The van der Waals surface area contributed by atoms with E-state index in [0.717, 1.165) is 6.08 Å². The van der Waals surface area contributed by atoms with Gasteiger partial charge in [-0.15, -0.1) is 0 Å². The lowest BCUT2D eigenvalue weighted by Crippen LogP contribution is -2.29. The van der Waals surface area contributed by atoms with Crippen LogP contribution >= 0.6 is 0 Å². The highest BCUT2D eigenvalue weighted by molar-refractivity contribution is 5.82. The van der Waals surface area contributed by atoms with Crippen molar-refractivity contribution in [1.82, 2.24) is 0 Å². The van der Waals surface area contributed by atoms with E-state index >= 15 is 0 Å². The van der Waals surface area contributed by atoms with Gasteiger partial charge >= 0.3 is 5.97 Å². The summed E-state index contributed by atoms with van der Waals surface area (Å²) in [4.78, 5) is 10.6.